The Bertz CT molecular complexity index is 317. The smallest absolute Gasteiger partial charge is 0.0895 e. The fraction of sp³-hybridized carbons (Fsp3) is 0.538. The molecule has 1 atom stereocenters. The second-order valence-corrected chi connectivity index (χ2v) is 3.87. The van der Waals surface area contributed by atoms with Crippen LogP contribution in [0.4, 0.5) is 0 Å². The zero-order chi connectivity index (χ0) is 12.5. The van der Waals surface area contributed by atoms with Gasteiger partial charge in [-0.25, -0.2) is 0 Å². The first kappa shape index (κ1) is 14.1. The summed E-state index contributed by atoms with van der Waals surface area (Å²) in [5.74, 6) is 0. The molecule has 1 rings (SSSR count). The van der Waals surface area contributed by atoms with Crippen LogP contribution >= 0.6 is 0 Å². The van der Waals surface area contributed by atoms with Crippen molar-refractivity contribution in [2.45, 2.75) is 26.2 Å². The molecule has 0 aliphatic rings. The van der Waals surface area contributed by atoms with E-state index in [1.807, 2.05) is 31.2 Å². The molecule has 0 aromatic heterocycles. The summed E-state index contributed by atoms with van der Waals surface area (Å²) in [6, 6.07) is 8.04. The normalized spacial score (nSPS) is 12.6. The first-order valence-corrected chi connectivity index (χ1v) is 5.92. The molecule has 0 bridgehead atoms. The van der Waals surface area contributed by atoms with Crippen molar-refractivity contribution in [3.8, 4) is 0 Å². The van der Waals surface area contributed by atoms with Crippen molar-refractivity contribution in [2.75, 3.05) is 19.8 Å². The molecule has 0 saturated heterocycles. The van der Waals surface area contributed by atoms with E-state index in [0.717, 1.165) is 11.1 Å². The molecule has 4 nitrogen and oxygen atoms in total. The summed E-state index contributed by atoms with van der Waals surface area (Å²) in [5.41, 5.74) is 2.31. The first-order valence-electron chi connectivity index (χ1n) is 5.92. The lowest BCUT2D eigenvalue weighted by molar-refractivity contribution is 0.0941. The molecule has 0 amide bonds. The Morgan fingerprint density at radius 2 is 2.00 bits per heavy atom. The van der Waals surface area contributed by atoms with E-state index in [-0.39, 0.29) is 6.61 Å². The number of aliphatic hydroxyl groups is 2. The van der Waals surface area contributed by atoms with E-state index in [9.17, 15) is 5.11 Å². The molecule has 0 radical (unpaired) electrons. The molecule has 1 aromatic carbocycles. The van der Waals surface area contributed by atoms with Gasteiger partial charge >= 0.3 is 0 Å². The molecule has 0 saturated carbocycles. The van der Waals surface area contributed by atoms with Crippen LogP contribution in [0.1, 0.15) is 18.1 Å². The van der Waals surface area contributed by atoms with E-state index in [4.69, 9.17) is 9.84 Å². The third-order valence-electron chi connectivity index (χ3n) is 2.49. The summed E-state index contributed by atoms with van der Waals surface area (Å²) >= 11 is 0. The Kier molecular flexibility index (Phi) is 6.81. The third kappa shape index (κ3) is 5.28. The molecule has 0 spiro atoms. The molecule has 0 aliphatic heterocycles. The van der Waals surface area contributed by atoms with E-state index < -0.39 is 6.10 Å². The van der Waals surface area contributed by atoms with Crippen LogP contribution in [0.15, 0.2) is 24.3 Å². The molecular weight excluding hydrogens is 218 g/mol. The van der Waals surface area contributed by atoms with Crippen LogP contribution in [0.25, 0.3) is 0 Å². The number of hydrogen-bond donors (Lipinski definition) is 3. The number of rotatable bonds is 8. The molecule has 17 heavy (non-hydrogen) atoms. The van der Waals surface area contributed by atoms with Gasteiger partial charge in [-0.15, -0.1) is 0 Å². The Balaban J connectivity index is 2.45. The average Bonchev–Trinajstić information content (AvgIpc) is 2.37. The molecule has 96 valence electrons. The van der Waals surface area contributed by atoms with Gasteiger partial charge in [-0.05, 0) is 18.1 Å². The first-order chi connectivity index (χ1) is 8.27. The van der Waals surface area contributed by atoms with Gasteiger partial charge in [0.15, 0.2) is 0 Å². The van der Waals surface area contributed by atoms with Crippen LogP contribution in [-0.2, 0) is 17.9 Å². The van der Waals surface area contributed by atoms with Crippen molar-refractivity contribution in [1.29, 1.82) is 0 Å². The average molecular weight is 239 g/mol. The summed E-state index contributed by atoms with van der Waals surface area (Å²) in [5, 5.41) is 21.0. The monoisotopic (exact) mass is 239 g/mol. The molecule has 0 aliphatic carbocycles. The highest BCUT2D eigenvalue weighted by atomic mass is 16.5. The minimum atomic E-state index is -0.700. The maximum atomic E-state index is 9.21. The Morgan fingerprint density at radius 3 is 2.65 bits per heavy atom. The predicted octanol–water partition coefficient (Wildman–Crippen LogP) is 0.666. The van der Waals surface area contributed by atoms with Crippen molar-refractivity contribution in [1.82, 2.24) is 5.32 Å². The Morgan fingerprint density at radius 1 is 1.29 bits per heavy atom. The van der Waals surface area contributed by atoms with E-state index in [1.165, 1.54) is 0 Å². The highest BCUT2D eigenvalue weighted by Crippen LogP contribution is 2.09. The van der Waals surface area contributed by atoms with Gasteiger partial charge in [-0.3, -0.25) is 0 Å². The molecule has 1 aromatic rings. The van der Waals surface area contributed by atoms with Crippen molar-refractivity contribution in [3.63, 3.8) is 0 Å². The molecular formula is C13H21NO3. The second-order valence-electron chi connectivity index (χ2n) is 3.87. The lowest BCUT2D eigenvalue weighted by Crippen LogP contribution is -2.29. The quantitative estimate of drug-likeness (QED) is 0.624. The van der Waals surface area contributed by atoms with E-state index >= 15 is 0 Å². The van der Waals surface area contributed by atoms with Crippen LogP contribution < -0.4 is 5.32 Å². The standard InChI is InChI=1S/C13H21NO3/c1-2-17-10-12-6-4-3-5-11(12)7-14-8-13(16)9-15/h3-6,13-16H,2,7-10H2,1H3. The SMILES string of the molecule is CCOCc1ccccc1CNCC(O)CO. The van der Waals surface area contributed by atoms with Crippen molar-refractivity contribution in [2.24, 2.45) is 0 Å². The maximum Gasteiger partial charge on any atom is 0.0895 e. The van der Waals surface area contributed by atoms with Gasteiger partial charge in [0.05, 0.1) is 19.3 Å². The third-order valence-corrected chi connectivity index (χ3v) is 2.49. The molecule has 0 heterocycles. The van der Waals surface area contributed by atoms with Gasteiger partial charge < -0.3 is 20.3 Å². The number of nitrogens with one attached hydrogen (secondary N) is 1. The maximum absolute atomic E-state index is 9.21. The van der Waals surface area contributed by atoms with E-state index in [2.05, 4.69) is 5.32 Å². The fourth-order valence-electron chi connectivity index (χ4n) is 1.52. The highest BCUT2D eigenvalue weighted by molar-refractivity contribution is 5.26. The number of aliphatic hydroxyl groups excluding tert-OH is 2. The van der Waals surface area contributed by atoms with Crippen molar-refractivity contribution < 1.29 is 14.9 Å². The van der Waals surface area contributed by atoms with Gasteiger partial charge in [0, 0.05) is 19.7 Å². The molecule has 4 heteroatoms. The second kappa shape index (κ2) is 8.20. The number of benzene rings is 1. The van der Waals surface area contributed by atoms with Crippen LogP contribution in [0.3, 0.4) is 0 Å². The molecule has 3 N–H and O–H groups in total. The van der Waals surface area contributed by atoms with E-state index in [0.29, 0.717) is 26.3 Å². The van der Waals surface area contributed by atoms with E-state index in [1.54, 1.807) is 0 Å². The van der Waals surface area contributed by atoms with Gasteiger partial charge in [-0.1, -0.05) is 24.3 Å². The van der Waals surface area contributed by atoms with Crippen molar-refractivity contribution >= 4 is 0 Å². The predicted molar refractivity (Wildman–Crippen MR) is 66.6 cm³/mol. The zero-order valence-corrected chi connectivity index (χ0v) is 10.2. The lowest BCUT2D eigenvalue weighted by atomic mass is 10.1. The van der Waals surface area contributed by atoms with Gasteiger partial charge in [0.2, 0.25) is 0 Å². The highest BCUT2D eigenvalue weighted by Gasteiger charge is 2.04. The minimum Gasteiger partial charge on any atom is -0.394 e. The number of hydrogen-bond acceptors (Lipinski definition) is 4. The van der Waals surface area contributed by atoms with Crippen LogP contribution in [0.5, 0.6) is 0 Å². The summed E-state index contributed by atoms with van der Waals surface area (Å²) in [6.45, 7) is 4.12. The van der Waals surface area contributed by atoms with Gasteiger partial charge in [0.1, 0.15) is 0 Å². The Labute approximate surface area is 102 Å². The largest absolute Gasteiger partial charge is 0.394 e. The van der Waals surface area contributed by atoms with Gasteiger partial charge in [-0.2, -0.15) is 0 Å². The number of ether oxygens (including phenoxy) is 1. The Hall–Kier alpha value is -0.940. The van der Waals surface area contributed by atoms with Gasteiger partial charge in [0.25, 0.3) is 0 Å². The molecule has 0 fully saturated rings. The summed E-state index contributed by atoms with van der Waals surface area (Å²) in [7, 11) is 0. The topological polar surface area (TPSA) is 61.7 Å². The lowest BCUT2D eigenvalue weighted by Gasteiger charge is -2.12. The summed E-state index contributed by atoms with van der Waals surface area (Å²) in [6.07, 6.45) is -0.700. The molecule has 1 unspecified atom stereocenters. The van der Waals surface area contributed by atoms with Crippen LogP contribution in [0, 0.1) is 0 Å². The summed E-state index contributed by atoms with van der Waals surface area (Å²) < 4.78 is 5.39. The zero-order valence-electron chi connectivity index (χ0n) is 10.2. The van der Waals surface area contributed by atoms with Crippen LogP contribution in [0.2, 0.25) is 0 Å². The summed E-state index contributed by atoms with van der Waals surface area (Å²) in [4.78, 5) is 0. The van der Waals surface area contributed by atoms with Crippen molar-refractivity contribution in [3.05, 3.63) is 35.4 Å². The van der Waals surface area contributed by atoms with Crippen LogP contribution in [-0.4, -0.2) is 36.1 Å². The minimum absolute atomic E-state index is 0.215. The fourth-order valence-corrected chi connectivity index (χ4v) is 1.52.